The SMILES string of the molecule is CC(C)C(=O)N1CCCC1C(=O)NC(C(=O)N[C@@H](CCCCN)C(=O)NCCCCN)C(C)C. The molecule has 0 aliphatic carbocycles. The molecule has 0 aromatic heterocycles. The van der Waals surface area contributed by atoms with E-state index in [1.54, 1.807) is 4.90 Å². The summed E-state index contributed by atoms with van der Waals surface area (Å²) >= 11 is 0. The van der Waals surface area contributed by atoms with Crippen LogP contribution in [-0.2, 0) is 19.2 Å². The number of carbonyl (C=O) groups excluding carboxylic acids is 4. The third kappa shape index (κ3) is 9.58. The van der Waals surface area contributed by atoms with Crippen LogP contribution in [0.3, 0.4) is 0 Å². The molecule has 1 fully saturated rings. The van der Waals surface area contributed by atoms with Crippen molar-refractivity contribution in [3.63, 3.8) is 0 Å². The van der Waals surface area contributed by atoms with Gasteiger partial charge in [-0.15, -0.1) is 0 Å². The van der Waals surface area contributed by atoms with E-state index in [2.05, 4.69) is 16.0 Å². The van der Waals surface area contributed by atoms with Crippen LogP contribution in [0.2, 0.25) is 0 Å². The van der Waals surface area contributed by atoms with Gasteiger partial charge < -0.3 is 32.3 Å². The molecule has 0 radical (unpaired) electrons. The number of nitrogens with two attached hydrogens (primary N) is 2. The van der Waals surface area contributed by atoms with Crippen molar-refractivity contribution in [2.24, 2.45) is 23.3 Å². The van der Waals surface area contributed by atoms with Gasteiger partial charge in [-0.25, -0.2) is 0 Å². The van der Waals surface area contributed by atoms with Crippen molar-refractivity contribution in [1.82, 2.24) is 20.9 Å². The topological polar surface area (TPSA) is 160 Å². The van der Waals surface area contributed by atoms with Gasteiger partial charge in [0.2, 0.25) is 23.6 Å². The molecule has 2 unspecified atom stereocenters. The highest BCUT2D eigenvalue weighted by molar-refractivity contribution is 5.94. The average molecular weight is 483 g/mol. The van der Waals surface area contributed by atoms with Gasteiger partial charge in [0.15, 0.2) is 0 Å². The largest absolute Gasteiger partial charge is 0.354 e. The maximum absolute atomic E-state index is 13.2. The summed E-state index contributed by atoms with van der Waals surface area (Å²) in [4.78, 5) is 53.0. The van der Waals surface area contributed by atoms with Crippen LogP contribution in [0.5, 0.6) is 0 Å². The van der Waals surface area contributed by atoms with Crippen molar-refractivity contribution < 1.29 is 19.2 Å². The van der Waals surface area contributed by atoms with E-state index in [0.29, 0.717) is 45.4 Å². The van der Waals surface area contributed by atoms with Gasteiger partial charge in [0.1, 0.15) is 18.1 Å². The summed E-state index contributed by atoms with van der Waals surface area (Å²) in [5, 5.41) is 8.54. The Morgan fingerprint density at radius 3 is 2.15 bits per heavy atom. The molecule has 1 rings (SSSR count). The molecular formula is C24H46N6O4. The first-order chi connectivity index (χ1) is 16.1. The van der Waals surface area contributed by atoms with E-state index in [1.807, 2.05) is 27.7 Å². The summed E-state index contributed by atoms with van der Waals surface area (Å²) in [7, 11) is 0. The fourth-order valence-electron chi connectivity index (χ4n) is 4.05. The van der Waals surface area contributed by atoms with Crippen molar-refractivity contribution in [3.8, 4) is 0 Å². The van der Waals surface area contributed by atoms with E-state index in [1.165, 1.54) is 0 Å². The molecule has 4 amide bonds. The summed E-state index contributed by atoms with van der Waals surface area (Å²) in [5.74, 6) is -1.44. The van der Waals surface area contributed by atoms with Crippen molar-refractivity contribution >= 4 is 23.6 Å². The van der Waals surface area contributed by atoms with Crippen LogP contribution in [0, 0.1) is 11.8 Å². The third-order valence-corrected chi connectivity index (χ3v) is 6.09. The van der Waals surface area contributed by atoms with Crippen LogP contribution in [-0.4, -0.2) is 72.8 Å². The molecule has 10 nitrogen and oxygen atoms in total. The highest BCUT2D eigenvalue weighted by Gasteiger charge is 2.37. The Kier molecular flexibility index (Phi) is 13.7. The fraction of sp³-hybridized carbons (Fsp3) is 0.833. The molecule has 196 valence electrons. The molecule has 0 saturated carbocycles. The number of nitrogens with zero attached hydrogens (tertiary/aromatic N) is 1. The molecule has 1 aliphatic heterocycles. The van der Waals surface area contributed by atoms with E-state index in [9.17, 15) is 19.2 Å². The quantitative estimate of drug-likeness (QED) is 0.210. The van der Waals surface area contributed by atoms with Crippen molar-refractivity contribution in [3.05, 3.63) is 0 Å². The molecule has 0 spiro atoms. The number of nitrogens with one attached hydrogen (secondary N) is 3. The minimum absolute atomic E-state index is 0.0607. The van der Waals surface area contributed by atoms with Gasteiger partial charge >= 0.3 is 0 Å². The van der Waals surface area contributed by atoms with Crippen molar-refractivity contribution in [1.29, 1.82) is 0 Å². The number of rotatable bonds is 15. The summed E-state index contributed by atoms with van der Waals surface area (Å²) < 4.78 is 0. The average Bonchev–Trinajstić information content (AvgIpc) is 3.28. The Morgan fingerprint density at radius 1 is 0.912 bits per heavy atom. The van der Waals surface area contributed by atoms with Crippen LogP contribution in [0.4, 0.5) is 0 Å². The zero-order valence-corrected chi connectivity index (χ0v) is 21.4. The number of amides is 4. The number of likely N-dealkylation sites (tertiary alicyclic amines) is 1. The Bertz CT molecular complexity index is 670. The first-order valence-electron chi connectivity index (χ1n) is 12.7. The second kappa shape index (κ2) is 15.7. The molecule has 10 heteroatoms. The van der Waals surface area contributed by atoms with Crippen LogP contribution < -0.4 is 27.4 Å². The number of unbranched alkanes of at least 4 members (excludes halogenated alkanes) is 2. The predicted octanol–water partition coefficient (Wildman–Crippen LogP) is 0.243. The Balaban J connectivity index is 2.84. The third-order valence-electron chi connectivity index (χ3n) is 6.09. The molecule has 0 bridgehead atoms. The van der Waals surface area contributed by atoms with Crippen molar-refractivity contribution in [2.75, 3.05) is 26.2 Å². The molecule has 1 heterocycles. The number of carbonyl (C=O) groups is 4. The Labute approximate surface area is 204 Å². The van der Waals surface area contributed by atoms with Crippen LogP contribution in [0.15, 0.2) is 0 Å². The summed E-state index contributed by atoms with van der Waals surface area (Å²) in [5.41, 5.74) is 11.1. The maximum atomic E-state index is 13.2. The van der Waals surface area contributed by atoms with Gasteiger partial charge in [-0.1, -0.05) is 27.7 Å². The molecule has 34 heavy (non-hydrogen) atoms. The zero-order chi connectivity index (χ0) is 25.7. The van der Waals surface area contributed by atoms with Gasteiger partial charge in [-0.05, 0) is 64.0 Å². The first kappa shape index (κ1) is 29.8. The Hall–Kier alpha value is -2.20. The fourth-order valence-corrected chi connectivity index (χ4v) is 4.05. The monoisotopic (exact) mass is 482 g/mol. The molecule has 0 aromatic carbocycles. The van der Waals surface area contributed by atoms with Gasteiger partial charge in [0.25, 0.3) is 0 Å². The second-order valence-electron chi connectivity index (χ2n) is 9.71. The van der Waals surface area contributed by atoms with Crippen LogP contribution in [0.25, 0.3) is 0 Å². The lowest BCUT2D eigenvalue weighted by molar-refractivity contribution is -0.142. The number of hydrogen-bond donors (Lipinski definition) is 5. The van der Waals surface area contributed by atoms with Gasteiger partial charge in [0, 0.05) is 19.0 Å². The molecule has 1 aliphatic rings. The summed E-state index contributed by atoms with van der Waals surface area (Å²) in [6, 6.07) is -2.10. The highest BCUT2D eigenvalue weighted by atomic mass is 16.2. The molecule has 7 N–H and O–H groups in total. The summed E-state index contributed by atoms with van der Waals surface area (Å²) in [6.45, 7) is 9.41. The van der Waals surface area contributed by atoms with Crippen LogP contribution in [0.1, 0.15) is 72.6 Å². The lowest BCUT2D eigenvalue weighted by Gasteiger charge is -2.29. The predicted molar refractivity (Wildman–Crippen MR) is 132 cm³/mol. The van der Waals surface area contributed by atoms with E-state index in [4.69, 9.17) is 11.5 Å². The highest BCUT2D eigenvalue weighted by Crippen LogP contribution is 2.20. The van der Waals surface area contributed by atoms with Crippen molar-refractivity contribution in [2.45, 2.75) is 90.8 Å². The smallest absolute Gasteiger partial charge is 0.243 e. The zero-order valence-electron chi connectivity index (χ0n) is 21.4. The second-order valence-corrected chi connectivity index (χ2v) is 9.71. The van der Waals surface area contributed by atoms with Gasteiger partial charge in [-0.2, -0.15) is 0 Å². The lowest BCUT2D eigenvalue weighted by Crippen LogP contribution is -2.58. The maximum Gasteiger partial charge on any atom is 0.243 e. The molecule has 1 saturated heterocycles. The van der Waals surface area contributed by atoms with Gasteiger partial charge in [-0.3, -0.25) is 19.2 Å². The minimum atomic E-state index is -0.814. The van der Waals surface area contributed by atoms with E-state index < -0.39 is 24.0 Å². The minimum Gasteiger partial charge on any atom is -0.354 e. The van der Waals surface area contributed by atoms with E-state index in [0.717, 1.165) is 25.7 Å². The number of hydrogen-bond acceptors (Lipinski definition) is 6. The van der Waals surface area contributed by atoms with E-state index in [-0.39, 0.29) is 29.6 Å². The molecular weight excluding hydrogens is 436 g/mol. The van der Waals surface area contributed by atoms with Gasteiger partial charge in [0.05, 0.1) is 0 Å². The first-order valence-corrected chi connectivity index (χ1v) is 12.7. The summed E-state index contributed by atoms with van der Waals surface area (Å²) in [6.07, 6.45) is 4.81. The lowest BCUT2D eigenvalue weighted by atomic mass is 10.0. The molecule has 3 atom stereocenters. The normalized spacial score (nSPS) is 17.5. The molecule has 0 aromatic rings. The standard InChI is InChI=1S/C24H46N6O4/c1-16(2)20(29-22(32)19-11-9-15-30(19)24(34)17(3)4)23(33)28-18(10-5-6-12-25)21(31)27-14-8-7-13-26/h16-20H,5-15,25-26H2,1-4H3,(H,27,31)(H,28,33)(H,29,32)/t18-,19?,20?/m0/s1. The Morgan fingerprint density at radius 2 is 1.56 bits per heavy atom. The van der Waals surface area contributed by atoms with E-state index >= 15 is 0 Å². The van der Waals surface area contributed by atoms with Crippen LogP contribution >= 0.6 is 0 Å².